The minimum Gasteiger partial charge on any atom is -0.375 e. The summed E-state index contributed by atoms with van der Waals surface area (Å²) >= 11 is 1.44. The number of imidazole rings is 1. The van der Waals surface area contributed by atoms with Gasteiger partial charge in [-0.2, -0.15) is 0 Å². The first kappa shape index (κ1) is 11.8. The second-order valence-electron chi connectivity index (χ2n) is 5.14. The monoisotopic (exact) mass is 288 g/mol. The lowest BCUT2D eigenvalue weighted by Gasteiger charge is -2.06. The van der Waals surface area contributed by atoms with Gasteiger partial charge in [0.25, 0.3) is 0 Å². The van der Waals surface area contributed by atoms with E-state index in [1.165, 1.54) is 23.5 Å². The molecule has 1 aliphatic rings. The number of thiazole rings is 1. The summed E-state index contributed by atoms with van der Waals surface area (Å²) in [6.45, 7) is 1.93. The number of nitrogen functional groups attached to an aromatic ring is 1. The van der Waals surface area contributed by atoms with Crippen LogP contribution in [0.4, 0.5) is 9.52 Å². The molecule has 0 atom stereocenters. The van der Waals surface area contributed by atoms with Crippen molar-refractivity contribution >= 4 is 27.5 Å². The molecule has 2 heterocycles. The standard InChI is InChI=1S/C14H13FN4S/c1-7-12(20-14(16)17-7)13-18-10-6-8(15)2-5-11(10)19(13)9-3-4-9/h2,5-6,9H,3-4H2,1H3,(H2,16,17). The van der Waals surface area contributed by atoms with Crippen molar-refractivity contribution in [3.8, 4) is 10.7 Å². The fourth-order valence-electron chi connectivity index (χ4n) is 2.56. The minimum absolute atomic E-state index is 0.259. The average molecular weight is 288 g/mol. The first-order chi connectivity index (χ1) is 9.63. The van der Waals surface area contributed by atoms with E-state index in [9.17, 15) is 4.39 Å². The summed E-state index contributed by atoms with van der Waals surface area (Å²) in [6.07, 6.45) is 2.28. The van der Waals surface area contributed by atoms with Crippen LogP contribution in [-0.2, 0) is 0 Å². The zero-order valence-electron chi connectivity index (χ0n) is 10.9. The van der Waals surface area contributed by atoms with E-state index >= 15 is 0 Å². The molecule has 6 heteroatoms. The number of hydrogen-bond donors (Lipinski definition) is 1. The summed E-state index contributed by atoms with van der Waals surface area (Å²) in [4.78, 5) is 9.86. The third-order valence-corrected chi connectivity index (χ3v) is 4.56. The average Bonchev–Trinajstić information content (AvgIpc) is 3.08. The Morgan fingerprint density at radius 3 is 2.80 bits per heavy atom. The molecule has 1 fully saturated rings. The van der Waals surface area contributed by atoms with Gasteiger partial charge in [-0.15, -0.1) is 0 Å². The number of nitrogens with two attached hydrogens (primary N) is 1. The van der Waals surface area contributed by atoms with E-state index in [1.54, 1.807) is 6.07 Å². The molecule has 0 bridgehead atoms. The van der Waals surface area contributed by atoms with E-state index in [1.807, 2.05) is 6.92 Å². The molecule has 0 saturated heterocycles. The van der Waals surface area contributed by atoms with Gasteiger partial charge in [0.05, 0.1) is 21.6 Å². The topological polar surface area (TPSA) is 56.7 Å². The molecule has 1 aromatic carbocycles. The molecule has 4 nitrogen and oxygen atoms in total. The van der Waals surface area contributed by atoms with Crippen LogP contribution in [0.15, 0.2) is 18.2 Å². The number of nitrogens with zero attached hydrogens (tertiary/aromatic N) is 3. The largest absolute Gasteiger partial charge is 0.375 e. The molecule has 1 saturated carbocycles. The van der Waals surface area contributed by atoms with Crippen LogP contribution in [0.3, 0.4) is 0 Å². The molecule has 3 aromatic rings. The van der Waals surface area contributed by atoms with Crippen molar-refractivity contribution in [2.24, 2.45) is 0 Å². The van der Waals surface area contributed by atoms with Crippen molar-refractivity contribution in [1.82, 2.24) is 14.5 Å². The Hall–Kier alpha value is -1.95. The predicted molar refractivity (Wildman–Crippen MR) is 78.2 cm³/mol. The van der Waals surface area contributed by atoms with Crippen LogP contribution in [0.1, 0.15) is 24.6 Å². The Kier molecular flexibility index (Phi) is 2.38. The van der Waals surface area contributed by atoms with Crippen LogP contribution in [-0.4, -0.2) is 14.5 Å². The van der Waals surface area contributed by atoms with Gasteiger partial charge in [0.1, 0.15) is 5.82 Å². The number of halogens is 1. The molecule has 20 heavy (non-hydrogen) atoms. The molecule has 0 radical (unpaired) electrons. The first-order valence-corrected chi connectivity index (χ1v) is 7.36. The van der Waals surface area contributed by atoms with Gasteiger partial charge >= 0.3 is 0 Å². The van der Waals surface area contributed by atoms with E-state index in [0.29, 0.717) is 16.7 Å². The Bertz CT molecular complexity index is 816. The Balaban J connectivity index is 2.03. The van der Waals surface area contributed by atoms with Crippen LogP contribution >= 0.6 is 11.3 Å². The fraction of sp³-hybridized carbons (Fsp3) is 0.286. The molecule has 4 rings (SSSR count). The molecular weight excluding hydrogens is 275 g/mol. The van der Waals surface area contributed by atoms with Gasteiger partial charge in [-0.05, 0) is 31.9 Å². The van der Waals surface area contributed by atoms with Gasteiger partial charge in [0.15, 0.2) is 11.0 Å². The minimum atomic E-state index is -0.259. The maximum atomic E-state index is 13.4. The summed E-state index contributed by atoms with van der Waals surface area (Å²) < 4.78 is 15.6. The Morgan fingerprint density at radius 1 is 1.35 bits per heavy atom. The highest BCUT2D eigenvalue weighted by Gasteiger charge is 2.30. The van der Waals surface area contributed by atoms with E-state index in [-0.39, 0.29) is 5.82 Å². The molecule has 0 spiro atoms. The molecule has 1 aliphatic carbocycles. The zero-order valence-corrected chi connectivity index (χ0v) is 11.7. The van der Waals surface area contributed by atoms with Gasteiger partial charge in [0, 0.05) is 12.1 Å². The molecule has 2 N–H and O–H groups in total. The van der Waals surface area contributed by atoms with Crippen molar-refractivity contribution in [1.29, 1.82) is 0 Å². The highest BCUT2D eigenvalue weighted by molar-refractivity contribution is 7.18. The second kappa shape index (κ2) is 4.02. The van der Waals surface area contributed by atoms with E-state index in [0.717, 1.165) is 34.8 Å². The van der Waals surface area contributed by atoms with E-state index < -0.39 is 0 Å². The van der Waals surface area contributed by atoms with Crippen molar-refractivity contribution in [3.05, 3.63) is 29.7 Å². The lowest BCUT2D eigenvalue weighted by Crippen LogP contribution is -1.97. The lowest BCUT2D eigenvalue weighted by molar-refractivity contribution is 0.629. The third kappa shape index (κ3) is 1.71. The molecule has 0 aliphatic heterocycles. The quantitative estimate of drug-likeness (QED) is 0.785. The maximum Gasteiger partial charge on any atom is 0.180 e. The number of benzene rings is 1. The lowest BCUT2D eigenvalue weighted by atomic mass is 10.3. The van der Waals surface area contributed by atoms with Gasteiger partial charge in [-0.25, -0.2) is 14.4 Å². The summed E-state index contributed by atoms with van der Waals surface area (Å²) in [5, 5.41) is 0.540. The highest BCUT2D eigenvalue weighted by atomic mass is 32.1. The zero-order chi connectivity index (χ0) is 13.9. The van der Waals surface area contributed by atoms with Crippen molar-refractivity contribution < 1.29 is 4.39 Å². The normalized spacial score (nSPS) is 15.1. The summed E-state index contributed by atoms with van der Waals surface area (Å²) in [5.74, 6) is 0.602. The predicted octanol–water partition coefficient (Wildman–Crippen LogP) is 3.52. The number of rotatable bonds is 2. The van der Waals surface area contributed by atoms with Crippen molar-refractivity contribution in [2.45, 2.75) is 25.8 Å². The van der Waals surface area contributed by atoms with Crippen molar-refractivity contribution in [3.63, 3.8) is 0 Å². The van der Waals surface area contributed by atoms with Crippen LogP contribution in [0, 0.1) is 12.7 Å². The van der Waals surface area contributed by atoms with Crippen LogP contribution in [0.5, 0.6) is 0 Å². The molecule has 2 aromatic heterocycles. The van der Waals surface area contributed by atoms with Gasteiger partial charge in [-0.1, -0.05) is 11.3 Å². The highest BCUT2D eigenvalue weighted by Crippen LogP contribution is 2.43. The molecule has 102 valence electrons. The Morgan fingerprint density at radius 2 is 2.15 bits per heavy atom. The van der Waals surface area contributed by atoms with Gasteiger partial charge in [-0.3, -0.25) is 0 Å². The number of anilines is 1. The van der Waals surface area contributed by atoms with Crippen LogP contribution in [0.2, 0.25) is 0 Å². The first-order valence-electron chi connectivity index (χ1n) is 6.54. The summed E-state index contributed by atoms with van der Waals surface area (Å²) in [7, 11) is 0. The number of fused-ring (bicyclic) bond motifs is 1. The maximum absolute atomic E-state index is 13.4. The second-order valence-corrected chi connectivity index (χ2v) is 6.17. The smallest absolute Gasteiger partial charge is 0.180 e. The number of aromatic nitrogens is 3. The molecular formula is C14H13FN4S. The van der Waals surface area contributed by atoms with Crippen LogP contribution in [0.25, 0.3) is 21.7 Å². The van der Waals surface area contributed by atoms with Gasteiger partial charge in [0.2, 0.25) is 0 Å². The molecule has 0 unspecified atom stereocenters. The number of hydrogen-bond acceptors (Lipinski definition) is 4. The van der Waals surface area contributed by atoms with Gasteiger partial charge < -0.3 is 10.3 Å². The third-order valence-electron chi connectivity index (χ3n) is 3.58. The van der Waals surface area contributed by atoms with Crippen LogP contribution < -0.4 is 5.73 Å². The Labute approximate surface area is 119 Å². The number of aryl methyl sites for hydroxylation is 1. The summed E-state index contributed by atoms with van der Waals surface area (Å²) in [6, 6.07) is 5.24. The molecule has 0 amide bonds. The van der Waals surface area contributed by atoms with E-state index in [4.69, 9.17) is 5.73 Å². The summed E-state index contributed by atoms with van der Waals surface area (Å²) in [5.41, 5.74) is 8.34. The van der Waals surface area contributed by atoms with E-state index in [2.05, 4.69) is 14.5 Å². The van der Waals surface area contributed by atoms with Crippen molar-refractivity contribution in [2.75, 3.05) is 5.73 Å². The fourth-order valence-corrected chi connectivity index (χ4v) is 3.38. The SMILES string of the molecule is Cc1nc(N)sc1-c1nc2cc(F)ccc2n1C1CC1.